The van der Waals surface area contributed by atoms with Gasteiger partial charge in [-0.2, -0.15) is 13.2 Å². The molecule has 3 N–H and O–H groups in total. The smallest absolute Gasteiger partial charge is 0.388 e. The molecule has 1 aliphatic heterocycles. The Balaban J connectivity index is 1.75. The molecule has 0 radical (unpaired) electrons. The first kappa shape index (κ1) is 21.5. The van der Waals surface area contributed by atoms with Crippen molar-refractivity contribution in [3.8, 4) is 0 Å². The minimum absolute atomic E-state index is 0.137. The summed E-state index contributed by atoms with van der Waals surface area (Å²) in [6, 6.07) is 9.46. The molecule has 0 bridgehead atoms. The van der Waals surface area contributed by atoms with Crippen LogP contribution in [-0.2, 0) is 0 Å². The maximum atomic E-state index is 12.5. The Hall–Kier alpha value is -1.80. The number of alkyl halides is 3. The molecule has 0 amide bonds. The van der Waals surface area contributed by atoms with Crippen LogP contribution in [0.25, 0.3) is 0 Å². The number of nitrogens with one attached hydrogen (secondary N) is 2. The van der Waals surface area contributed by atoms with E-state index in [-0.39, 0.29) is 5.92 Å². The van der Waals surface area contributed by atoms with E-state index < -0.39 is 18.8 Å². The molecule has 27 heavy (non-hydrogen) atoms. The quantitative estimate of drug-likeness (QED) is 0.475. The van der Waals surface area contributed by atoms with E-state index in [2.05, 4.69) is 15.6 Å². The lowest BCUT2D eigenvalue weighted by molar-refractivity contribution is -0.143. The van der Waals surface area contributed by atoms with Crippen molar-refractivity contribution < 1.29 is 18.3 Å². The van der Waals surface area contributed by atoms with Crippen LogP contribution in [0.3, 0.4) is 0 Å². The molecule has 2 atom stereocenters. The predicted molar refractivity (Wildman–Crippen MR) is 101 cm³/mol. The van der Waals surface area contributed by atoms with Crippen LogP contribution < -0.4 is 10.6 Å². The third-order valence-electron chi connectivity index (χ3n) is 4.52. The highest BCUT2D eigenvalue weighted by Gasteiger charge is 2.34. The first-order chi connectivity index (χ1) is 12.9. The van der Waals surface area contributed by atoms with E-state index in [9.17, 15) is 18.3 Å². The highest BCUT2D eigenvalue weighted by Crippen LogP contribution is 2.22. The lowest BCUT2D eigenvalue weighted by Crippen LogP contribution is -2.38. The molecule has 0 saturated carbocycles. The number of halogens is 3. The lowest BCUT2D eigenvalue weighted by atomic mass is 10.1. The van der Waals surface area contributed by atoms with E-state index in [4.69, 9.17) is 0 Å². The first-order valence-corrected chi connectivity index (χ1v) is 9.41. The average Bonchev–Trinajstić information content (AvgIpc) is 3.05. The van der Waals surface area contributed by atoms with Crippen molar-refractivity contribution in [2.45, 2.75) is 32.0 Å². The van der Waals surface area contributed by atoms with E-state index in [1.165, 1.54) is 4.90 Å². The predicted octanol–water partition coefficient (Wildman–Crippen LogP) is 2.55. The van der Waals surface area contributed by atoms with E-state index in [0.29, 0.717) is 45.1 Å². The molecule has 2 rings (SSSR count). The van der Waals surface area contributed by atoms with Gasteiger partial charge >= 0.3 is 6.18 Å². The second kappa shape index (κ2) is 10.5. The fraction of sp³-hybridized carbons (Fsp3) is 0.632. The number of aliphatic imine (C=N–C) groups is 1. The summed E-state index contributed by atoms with van der Waals surface area (Å²) in [7, 11) is 0. The van der Waals surface area contributed by atoms with Crippen molar-refractivity contribution in [2.24, 2.45) is 10.9 Å². The van der Waals surface area contributed by atoms with Crippen molar-refractivity contribution in [1.29, 1.82) is 0 Å². The standard InChI is InChI=1S/C19H29F3N4O/c1-2-23-18(24-10-8-17(27)16-6-4-3-5-7-16)25-12-15-9-11-26(13-15)14-19(20,21)22/h3-7,15,17,27H,2,8-14H2,1H3,(H2,23,24,25). The summed E-state index contributed by atoms with van der Waals surface area (Å²) in [6.07, 6.45) is -3.43. The normalized spacial score (nSPS) is 19.9. The van der Waals surface area contributed by atoms with Crippen molar-refractivity contribution in [3.05, 3.63) is 35.9 Å². The molecule has 1 aromatic carbocycles. The summed E-state index contributed by atoms with van der Waals surface area (Å²) in [5.41, 5.74) is 0.872. The van der Waals surface area contributed by atoms with Crippen molar-refractivity contribution in [1.82, 2.24) is 15.5 Å². The molecular formula is C19H29F3N4O. The molecule has 1 aliphatic rings. The van der Waals surface area contributed by atoms with Crippen LogP contribution in [0.5, 0.6) is 0 Å². The molecular weight excluding hydrogens is 357 g/mol. The second-order valence-electron chi connectivity index (χ2n) is 6.87. The van der Waals surface area contributed by atoms with Crippen LogP contribution in [0.4, 0.5) is 13.2 Å². The zero-order valence-corrected chi connectivity index (χ0v) is 15.7. The maximum absolute atomic E-state index is 12.5. The SMILES string of the molecule is CCNC(=NCC1CCN(CC(F)(F)F)C1)NCCC(O)c1ccccc1. The van der Waals surface area contributed by atoms with Crippen LogP contribution in [-0.4, -0.2) is 61.4 Å². The maximum Gasteiger partial charge on any atom is 0.401 e. The molecule has 0 spiro atoms. The zero-order valence-electron chi connectivity index (χ0n) is 15.7. The Kier molecular flexibility index (Phi) is 8.37. The van der Waals surface area contributed by atoms with Gasteiger partial charge in [-0.15, -0.1) is 0 Å². The highest BCUT2D eigenvalue weighted by molar-refractivity contribution is 5.79. The van der Waals surface area contributed by atoms with Crippen LogP contribution in [0.15, 0.2) is 35.3 Å². The number of aliphatic hydroxyl groups is 1. The van der Waals surface area contributed by atoms with Crippen LogP contribution in [0, 0.1) is 5.92 Å². The van der Waals surface area contributed by atoms with Crippen LogP contribution >= 0.6 is 0 Å². The number of likely N-dealkylation sites (tertiary alicyclic amines) is 1. The summed E-state index contributed by atoms with van der Waals surface area (Å²) >= 11 is 0. The summed E-state index contributed by atoms with van der Waals surface area (Å²) in [6.45, 7) is 3.73. The molecule has 8 heteroatoms. The summed E-state index contributed by atoms with van der Waals surface area (Å²) in [4.78, 5) is 5.94. The van der Waals surface area contributed by atoms with E-state index in [1.54, 1.807) is 0 Å². The van der Waals surface area contributed by atoms with Crippen molar-refractivity contribution in [2.75, 3.05) is 39.3 Å². The van der Waals surface area contributed by atoms with Gasteiger partial charge in [0.2, 0.25) is 0 Å². The van der Waals surface area contributed by atoms with Gasteiger partial charge in [0.25, 0.3) is 0 Å². The van der Waals surface area contributed by atoms with Gasteiger partial charge in [-0.3, -0.25) is 9.89 Å². The number of hydrogen-bond donors (Lipinski definition) is 3. The van der Waals surface area contributed by atoms with Crippen molar-refractivity contribution in [3.63, 3.8) is 0 Å². The fourth-order valence-corrected chi connectivity index (χ4v) is 3.19. The molecule has 1 saturated heterocycles. The van der Waals surface area contributed by atoms with E-state index in [1.807, 2.05) is 37.3 Å². The van der Waals surface area contributed by atoms with Crippen LogP contribution in [0.2, 0.25) is 0 Å². The van der Waals surface area contributed by atoms with Gasteiger partial charge in [0.1, 0.15) is 0 Å². The number of benzene rings is 1. The summed E-state index contributed by atoms with van der Waals surface area (Å²) in [5, 5.41) is 16.5. The Labute approximate surface area is 158 Å². The molecule has 152 valence electrons. The van der Waals surface area contributed by atoms with Gasteiger partial charge in [0.05, 0.1) is 12.6 Å². The van der Waals surface area contributed by atoms with Gasteiger partial charge in [-0.25, -0.2) is 0 Å². The molecule has 1 fully saturated rings. The average molecular weight is 386 g/mol. The molecule has 5 nitrogen and oxygen atoms in total. The van der Waals surface area contributed by atoms with Crippen molar-refractivity contribution >= 4 is 5.96 Å². The fourth-order valence-electron chi connectivity index (χ4n) is 3.19. The first-order valence-electron chi connectivity index (χ1n) is 9.41. The topological polar surface area (TPSA) is 59.9 Å². The Morgan fingerprint density at radius 2 is 2.04 bits per heavy atom. The monoisotopic (exact) mass is 386 g/mol. The van der Waals surface area contributed by atoms with Gasteiger partial charge in [-0.05, 0) is 37.8 Å². The Morgan fingerprint density at radius 1 is 1.30 bits per heavy atom. The number of hydrogen-bond acceptors (Lipinski definition) is 3. The van der Waals surface area contributed by atoms with E-state index in [0.717, 1.165) is 12.0 Å². The van der Waals surface area contributed by atoms with Gasteiger partial charge in [-0.1, -0.05) is 30.3 Å². The highest BCUT2D eigenvalue weighted by atomic mass is 19.4. The third-order valence-corrected chi connectivity index (χ3v) is 4.52. The molecule has 1 aromatic rings. The molecule has 0 aliphatic carbocycles. The van der Waals surface area contributed by atoms with Gasteiger partial charge < -0.3 is 15.7 Å². The molecule has 0 aromatic heterocycles. The third kappa shape index (κ3) is 8.17. The number of nitrogens with zero attached hydrogens (tertiary/aromatic N) is 2. The van der Waals surface area contributed by atoms with Crippen LogP contribution in [0.1, 0.15) is 31.4 Å². The number of guanidine groups is 1. The largest absolute Gasteiger partial charge is 0.401 e. The molecule has 2 unspecified atom stereocenters. The Morgan fingerprint density at radius 3 is 2.70 bits per heavy atom. The number of rotatable bonds is 8. The second-order valence-corrected chi connectivity index (χ2v) is 6.87. The lowest BCUT2D eigenvalue weighted by Gasteiger charge is -2.18. The minimum atomic E-state index is -4.14. The van der Waals surface area contributed by atoms with Gasteiger partial charge in [0, 0.05) is 26.2 Å². The molecule has 1 heterocycles. The summed E-state index contributed by atoms with van der Waals surface area (Å²) < 4.78 is 37.4. The Bertz CT molecular complexity index is 580. The van der Waals surface area contributed by atoms with E-state index >= 15 is 0 Å². The van der Waals surface area contributed by atoms with Gasteiger partial charge in [0.15, 0.2) is 5.96 Å². The minimum Gasteiger partial charge on any atom is -0.388 e. The summed E-state index contributed by atoms with van der Waals surface area (Å²) in [5.74, 6) is 0.768. The zero-order chi connectivity index (χ0) is 19.7. The number of aliphatic hydroxyl groups excluding tert-OH is 1.